The van der Waals surface area contributed by atoms with Crippen molar-refractivity contribution in [3.8, 4) is 28.3 Å². The summed E-state index contributed by atoms with van der Waals surface area (Å²) < 4.78 is 9.12. The van der Waals surface area contributed by atoms with Crippen LogP contribution in [-0.2, 0) is 0 Å². The molecule has 56 heavy (non-hydrogen) atoms. The van der Waals surface area contributed by atoms with Gasteiger partial charge in [-0.25, -0.2) is 9.97 Å². The van der Waals surface area contributed by atoms with Crippen LogP contribution >= 0.6 is 0 Å². The van der Waals surface area contributed by atoms with Crippen LogP contribution in [0.15, 0.2) is 180 Å². The summed E-state index contributed by atoms with van der Waals surface area (Å²) in [6.45, 7) is 4.00. The molecule has 0 aliphatic carbocycles. The predicted octanol–water partition coefficient (Wildman–Crippen LogP) is 14.4. The number of rotatable bonds is 3. The van der Waals surface area contributed by atoms with E-state index >= 15 is 0 Å². The maximum Gasteiger partial charge on any atom is 0.235 e. The summed E-state index contributed by atoms with van der Waals surface area (Å²) in [6, 6.07) is 62.4. The van der Waals surface area contributed by atoms with Crippen molar-refractivity contribution in [2.75, 3.05) is 0 Å². The minimum Gasteiger partial charge on any atom is -0.455 e. The van der Waals surface area contributed by atoms with E-state index in [1.807, 2.05) is 19.9 Å². The van der Waals surface area contributed by atoms with E-state index in [2.05, 4.69) is 174 Å². The molecule has 0 radical (unpaired) electrons. The van der Waals surface area contributed by atoms with Crippen LogP contribution in [-0.4, -0.2) is 14.5 Å². The lowest BCUT2D eigenvalue weighted by molar-refractivity contribution is 0.670. The SMILES string of the molecule is CC.c1ccc(-c2nc(-n3c4cc5ccccc5cc4c4cccc(-c5c6ccccc6cc6c5oc5ccccc56)c43)nc3c2ccc2ccccc23)cc1. The third-order valence-corrected chi connectivity index (χ3v) is 11.1. The molecule has 3 heterocycles. The van der Waals surface area contributed by atoms with Crippen LogP contribution in [0.5, 0.6) is 0 Å². The summed E-state index contributed by atoms with van der Waals surface area (Å²) in [5.41, 5.74) is 8.85. The Morgan fingerprint density at radius 3 is 1.91 bits per heavy atom. The van der Waals surface area contributed by atoms with Crippen molar-refractivity contribution in [2.24, 2.45) is 0 Å². The van der Waals surface area contributed by atoms with Gasteiger partial charge < -0.3 is 4.42 Å². The number of hydrogen-bond acceptors (Lipinski definition) is 3. The second-order valence-corrected chi connectivity index (χ2v) is 14.1. The fraction of sp³-hybridized carbons (Fsp3) is 0.0385. The number of nitrogens with zero attached hydrogens (tertiary/aromatic N) is 3. The molecule has 0 aliphatic heterocycles. The molecule has 0 fully saturated rings. The summed E-state index contributed by atoms with van der Waals surface area (Å²) in [5.74, 6) is 0.626. The van der Waals surface area contributed by atoms with Crippen molar-refractivity contribution >= 4 is 87.0 Å². The third-order valence-electron chi connectivity index (χ3n) is 11.1. The zero-order chi connectivity index (χ0) is 37.3. The Labute approximate surface area is 322 Å². The predicted molar refractivity (Wildman–Crippen MR) is 236 cm³/mol. The lowest BCUT2D eigenvalue weighted by Crippen LogP contribution is -2.04. The Balaban J connectivity index is 0.00000179. The molecule has 12 aromatic rings. The van der Waals surface area contributed by atoms with E-state index in [0.29, 0.717) is 5.95 Å². The fourth-order valence-electron chi connectivity index (χ4n) is 8.72. The maximum absolute atomic E-state index is 6.82. The zero-order valence-corrected chi connectivity index (χ0v) is 31.0. The van der Waals surface area contributed by atoms with Crippen LogP contribution in [0.1, 0.15) is 13.8 Å². The zero-order valence-electron chi connectivity index (χ0n) is 31.0. The van der Waals surface area contributed by atoms with Gasteiger partial charge in [0.1, 0.15) is 11.2 Å². The van der Waals surface area contributed by atoms with Crippen LogP contribution < -0.4 is 0 Å². The lowest BCUT2D eigenvalue weighted by Gasteiger charge is -2.15. The second kappa shape index (κ2) is 12.6. The molecule has 0 N–H and O–H groups in total. The van der Waals surface area contributed by atoms with Gasteiger partial charge in [0, 0.05) is 49.0 Å². The molecule has 0 bridgehead atoms. The maximum atomic E-state index is 6.82. The van der Waals surface area contributed by atoms with Crippen LogP contribution in [0.25, 0.3) is 115 Å². The number of fused-ring (bicyclic) bond motifs is 11. The normalized spacial score (nSPS) is 11.8. The summed E-state index contributed by atoms with van der Waals surface area (Å²) >= 11 is 0. The van der Waals surface area contributed by atoms with Crippen molar-refractivity contribution in [2.45, 2.75) is 13.8 Å². The van der Waals surface area contributed by atoms with Gasteiger partial charge in [0.05, 0.1) is 22.2 Å². The molecule has 264 valence electrons. The van der Waals surface area contributed by atoms with Gasteiger partial charge in [-0.2, -0.15) is 0 Å². The van der Waals surface area contributed by atoms with Crippen molar-refractivity contribution in [1.29, 1.82) is 0 Å². The first-order valence-corrected chi connectivity index (χ1v) is 19.3. The molecule has 0 aliphatic rings. The molecule has 9 aromatic carbocycles. The molecule has 3 aromatic heterocycles. The third kappa shape index (κ3) is 4.72. The Hall–Kier alpha value is -7.30. The molecule has 4 heteroatoms. The van der Waals surface area contributed by atoms with Gasteiger partial charge in [-0.05, 0) is 57.3 Å². The fourth-order valence-corrected chi connectivity index (χ4v) is 8.72. The smallest absolute Gasteiger partial charge is 0.235 e. The first-order chi connectivity index (χ1) is 27.8. The van der Waals surface area contributed by atoms with E-state index in [1.165, 1.54) is 5.39 Å². The average Bonchev–Trinajstić information content (AvgIpc) is 3.80. The van der Waals surface area contributed by atoms with Crippen LogP contribution in [0.3, 0.4) is 0 Å². The molecule has 0 unspecified atom stereocenters. The monoisotopic (exact) mass is 717 g/mol. The Kier molecular flexibility index (Phi) is 7.26. The van der Waals surface area contributed by atoms with Crippen LogP contribution in [0.4, 0.5) is 0 Å². The molecule has 0 atom stereocenters. The highest BCUT2D eigenvalue weighted by Crippen LogP contribution is 2.46. The molecular weight excluding hydrogens is 683 g/mol. The first-order valence-electron chi connectivity index (χ1n) is 19.3. The van der Waals surface area contributed by atoms with E-state index in [4.69, 9.17) is 14.4 Å². The Morgan fingerprint density at radius 1 is 0.446 bits per heavy atom. The summed E-state index contributed by atoms with van der Waals surface area (Å²) in [4.78, 5) is 11.1. The van der Waals surface area contributed by atoms with E-state index < -0.39 is 0 Å². The second-order valence-electron chi connectivity index (χ2n) is 14.1. The van der Waals surface area contributed by atoms with Gasteiger partial charge in [0.2, 0.25) is 5.95 Å². The van der Waals surface area contributed by atoms with Gasteiger partial charge in [-0.15, -0.1) is 0 Å². The Morgan fingerprint density at radius 2 is 1.09 bits per heavy atom. The van der Waals surface area contributed by atoms with Gasteiger partial charge in [-0.1, -0.05) is 159 Å². The summed E-state index contributed by atoms with van der Waals surface area (Å²) in [7, 11) is 0. The quantitative estimate of drug-likeness (QED) is 0.171. The number of benzene rings is 9. The number of hydrogen-bond donors (Lipinski definition) is 0. The largest absolute Gasteiger partial charge is 0.455 e. The molecular formula is C52H35N3O. The number of furan rings is 1. The number of para-hydroxylation sites is 2. The molecule has 0 saturated carbocycles. The van der Waals surface area contributed by atoms with E-state index in [1.54, 1.807) is 0 Å². The molecule has 4 nitrogen and oxygen atoms in total. The van der Waals surface area contributed by atoms with Gasteiger partial charge in [0.15, 0.2) is 0 Å². The van der Waals surface area contributed by atoms with Crippen LogP contribution in [0.2, 0.25) is 0 Å². The van der Waals surface area contributed by atoms with Crippen molar-refractivity contribution < 1.29 is 4.42 Å². The highest BCUT2D eigenvalue weighted by Gasteiger charge is 2.24. The average molecular weight is 718 g/mol. The first kappa shape index (κ1) is 32.2. The van der Waals surface area contributed by atoms with Gasteiger partial charge in [-0.3, -0.25) is 4.57 Å². The van der Waals surface area contributed by atoms with Crippen molar-refractivity contribution in [3.05, 3.63) is 176 Å². The minimum atomic E-state index is 0.626. The summed E-state index contributed by atoms with van der Waals surface area (Å²) in [5, 5.41) is 12.4. The standard InChI is InChI=1S/C50H29N3O.C2H6/c1-2-14-31(15-3-1)46-40-26-25-30-13-6-9-20-36(30)47(40)52-50(51-46)53-43-29-33-17-5-4-16-32(33)27-41(43)38-22-12-23-39(48(38)53)45-35-19-8-7-18-34(35)28-42-37-21-10-11-24-44(37)54-49(42)45;1-2/h1-29H;1-2H3. The van der Waals surface area contributed by atoms with E-state index in [9.17, 15) is 0 Å². The molecule has 12 rings (SSSR count). The van der Waals surface area contributed by atoms with Gasteiger partial charge in [0.25, 0.3) is 0 Å². The topological polar surface area (TPSA) is 43.9 Å². The van der Waals surface area contributed by atoms with Gasteiger partial charge >= 0.3 is 0 Å². The highest BCUT2D eigenvalue weighted by molar-refractivity contribution is 6.24. The number of aromatic nitrogens is 3. The van der Waals surface area contributed by atoms with Crippen molar-refractivity contribution in [3.63, 3.8) is 0 Å². The molecule has 0 spiro atoms. The molecule has 0 amide bonds. The minimum absolute atomic E-state index is 0.626. The van der Waals surface area contributed by atoms with E-state index in [-0.39, 0.29) is 0 Å². The highest BCUT2D eigenvalue weighted by atomic mass is 16.3. The van der Waals surface area contributed by atoms with Crippen LogP contribution in [0, 0.1) is 0 Å². The van der Waals surface area contributed by atoms with Crippen molar-refractivity contribution in [1.82, 2.24) is 14.5 Å². The Bertz CT molecular complexity index is 3500. The lowest BCUT2D eigenvalue weighted by atomic mass is 9.93. The van der Waals surface area contributed by atoms with E-state index in [0.717, 1.165) is 104 Å². The molecule has 0 saturated heterocycles. The summed E-state index contributed by atoms with van der Waals surface area (Å²) in [6.07, 6.45) is 0.